The van der Waals surface area contributed by atoms with Crippen LogP contribution in [0.1, 0.15) is 50.6 Å². The van der Waals surface area contributed by atoms with Crippen molar-refractivity contribution in [1.82, 2.24) is 14.8 Å². The number of carbonyl (C=O) groups is 1. The fourth-order valence-corrected chi connectivity index (χ4v) is 4.79. The highest BCUT2D eigenvalue weighted by molar-refractivity contribution is 5.79. The van der Waals surface area contributed by atoms with Crippen molar-refractivity contribution in [3.05, 3.63) is 30.1 Å². The minimum Gasteiger partial charge on any atom is -0.341 e. The minimum absolute atomic E-state index is 0.313. The SMILES string of the molecule is O=C(C1CCC1)N1CCN(C2CCCC2)C[C@@H](Cc2ccccn2)C1. The first-order valence-corrected chi connectivity index (χ1v) is 10.2. The van der Waals surface area contributed by atoms with Crippen molar-refractivity contribution in [3.8, 4) is 0 Å². The molecule has 1 saturated heterocycles. The molecular formula is C21H31N3O. The van der Waals surface area contributed by atoms with Crippen molar-refractivity contribution in [3.63, 3.8) is 0 Å². The smallest absolute Gasteiger partial charge is 0.225 e. The average molecular weight is 341 g/mol. The number of aromatic nitrogens is 1. The molecule has 0 N–H and O–H groups in total. The van der Waals surface area contributed by atoms with Gasteiger partial charge in [0.1, 0.15) is 0 Å². The Morgan fingerprint density at radius 3 is 2.56 bits per heavy atom. The Bertz CT molecular complexity index is 566. The molecule has 1 aliphatic heterocycles. The first-order chi connectivity index (χ1) is 12.3. The third kappa shape index (κ3) is 4.05. The van der Waals surface area contributed by atoms with Gasteiger partial charge in [0, 0.05) is 50.0 Å². The van der Waals surface area contributed by atoms with E-state index < -0.39 is 0 Å². The zero-order valence-electron chi connectivity index (χ0n) is 15.3. The quantitative estimate of drug-likeness (QED) is 0.844. The number of nitrogens with zero attached hydrogens (tertiary/aromatic N) is 3. The van der Waals surface area contributed by atoms with E-state index in [9.17, 15) is 4.79 Å². The number of carbonyl (C=O) groups excluding carboxylic acids is 1. The molecule has 3 fully saturated rings. The van der Waals surface area contributed by atoms with Crippen LogP contribution in [-0.2, 0) is 11.2 Å². The fourth-order valence-electron chi connectivity index (χ4n) is 4.79. The van der Waals surface area contributed by atoms with E-state index in [1.165, 1.54) is 32.1 Å². The maximum Gasteiger partial charge on any atom is 0.225 e. The molecule has 136 valence electrons. The van der Waals surface area contributed by atoms with Gasteiger partial charge in [-0.05, 0) is 50.2 Å². The van der Waals surface area contributed by atoms with Gasteiger partial charge in [-0.1, -0.05) is 25.3 Å². The lowest BCUT2D eigenvalue weighted by molar-refractivity contribution is -0.138. The second-order valence-electron chi connectivity index (χ2n) is 8.24. The first-order valence-electron chi connectivity index (χ1n) is 10.2. The molecular weight excluding hydrogens is 310 g/mol. The third-order valence-electron chi connectivity index (χ3n) is 6.46. The summed E-state index contributed by atoms with van der Waals surface area (Å²) in [6, 6.07) is 6.92. The van der Waals surface area contributed by atoms with Crippen LogP contribution in [-0.4, -0.2) is 52.9 Å². The molecule has 1 atom stereocenters. The van der Waals surface area contributed by atoms with Gasteiger partial charge in [-0.3, -0.25) is 14.7 Å². The molecule has 4 rings (SSSR count). The van der Waals surface area contributed by atoms with Gasteiger partial charge in [-0.15, -0.1) is 0 Å². The van der Waals surface area contributed by atoms with Gasteiger partial charge in [0.2, 0.25) is 5.91 Å². The van der Waals surface area contributed by atoms with Gasteiger partial charge in [-0.25, -0.2) is 0 Å². The predicted molar refractivity (Wildman–Crippen MR) is 99.2 cm³/mol. The Kier molecular flexibility index (Phi) is 5.35. The average Bonchev–Trinajstić information content (AvgIpc) is 3.03. The molecule has 1 aromatic rings. The van der Waals surface area contributed by atoms with Crippen LogP contribution in [0.15, 0.2) is 24.4 Å². The molecule has 25 heavy (non-hydrogen) atoms. The summed E-state index contributed by atoms with van der Waals surface area (Å²) in [5, 5.41) is 0. The van der Waals surface area contributed by atoms with E-state index in [4.69, 9.17) is 0 Å². The lowest BCUT2D eigenvalue weighted by Gasteiger charge is -2.32. The standard InChI is InChI=1S/C21H31N3O/c25-21(18-6-5-7-18)24-13-12-23(20-9-1-2-10-20)15-17(16-24)14-19-8-3-4-11-22-19/h3-4,8,11,17-18,20H,1-2,5-7,9-10,12-16H2/t17-/m1/s1. The van der Waals surface area contributed by atoms with Gasteiger partial charge >= 0.3 is 0 Å². The Hall–Kier alpha value is -1.42. The lowest BCUT2D eigenvalue weighted by atomic mass is 9.84. The lowest BCUT2D eigenvalue weighted by Crippen LogP contribution is -2.42. The third-order valence-corrected chi connectivity index (χ3v) is 6.46. The van der Waals surface area contributed by atoms with E-state index in [2.05, 4.69) is 26.9 Å². The van der Waals surface area contributed by atoms with Crippen LogP contribution in [0.2, 0.25) is 0 Å². The molecule has 0 unspecified atom stereocenters. The Morgan fingerprint density at radius 2 is 1.88 bits per heavy atom. The summed E-state index contributed by atoms with van der Waals surface area (Å²) in [7, 11) is 0. The largest absolute Gasteiger partial charge is 0.341 e. The first kappa shape index (κ1) is 17.0. The van der Waals surface area contributed by atoms with Crippen molar-refractivity contribution in [1.29, 1.82) is 0 Å². The van der Waals surface area contributed by atoms with Crippen molar-refractivity contribution >= 4 is 5.91 Å². The van der Waals surface area contributed by atoms with Gasteiger partial charge in [0.25, 0.3) is 0 Å². The highest BCUT2D eigenvalue weighted by Crippen LogP contribution is 2.30. The van der Waals surface area contributed by atoms with Crippen LogP contribution in [0.4, 0.5) is 0 Å². The van der Waals surface area contributed by atoms with Gasteiger partial charge in [-0.2, -0.15) is 0 Å². The molecule has 2 saturated carbocycles. The molecule has 0 spiro atoms. The summed E-state index contributed by atoms with van der Waals surface area (Å²) in [6.07, 6.45) is 11.7. The molecule has 3 aliphatic rings. The molecule has 1 aromatic heterocycles. The van der Waals surface area contributed by atoms with Crippen LogP contribution in [0, 0.1) is 11.8 Å². The van der Waals surface area contributed by atoms with E-state index in [1.54, 1.807) is 0 Å². The van der Waals surface area contributed by atoms with E-state index in [-0.39, 0.29) is 0 Å². The summed E-state index contributed by atoms with van der Waals surface area (Å²) >= 11 is 0. The number of hydrogen-bond acceptors (Lipinski definition) is 3. The second kappa shape index (κ2) is 7.86. The Balaban J connectivity index is 1.47. The summed E-state index contributed by atoms with van der Waals surface area (Å²) < 4.78 is 0. The van der Waals surface area contributed by atoms with Crippen molar-refractivity contribution in [2.24, 2.45) is 11.8 Å². The molecule has 1 amide bonds. The fraction of sp³-hybridized carbons (Fsp3) is 0.714. The monoisotopic (exact) mass is 341 g/mol. The highest BCUT2D eigenvalue weighted by Gasteiger charge is 2.34. The zero-order chi connectivity index (χ0) is 17.1. The predicted octanol–water partition coefficient (Wildman–Crippen LogP) is 3.13. The second-order valence-corrected chi connectivity index (χ2v) is 8.24. The zero-order valence-corrected chi connectivity index (χ0v) is 15.3. The van der Waals surface area contributed by atoms with Gasteiger partial charge < -0.3 is 4.90 Å². The summed E-state index contributed by atoms with van der Waals surface area (Å²) in [6.45, 7) is 4.01. The van der Waals surface area contributed by atoms with Crippen molar-refractivity contribution in [2.75, 3.05) is 26.2 Å². The highest BCUT2D eigenvalue weighted by atomic mass is 16.2. The molecule has 0 bridgehead atoms. The summed E-state index contributed by atoms with van der Waals surface area (Å²) in [4.78, 5) is 22.3. The number of hydrogen-bond donors (Lipinski definition) is 0. The Labute approximate surface area is 151 Å². The molecule has 4 nitrogen and oxygen atoms in total. The van der Waals surface area contributed by atoms with E-state index in [1.807, 2.05) is 12.3 Å². The Morgan fingerprint density at radius 1 is 1.04 bits per heavy atom. The maximum absolute atomic E-state index is 12.9. The minimum atomic E-state index is 0.313. The van der Waals surface area contributed by atoms with Crippen molar-refractivity contribution < 1.29 is 4.79 Å². The molecule has 0 radical (unpaired) electrons. The van der Waals surface area contributed by atoms with Crippen LogP contribution < -0.4 is 0 Å². The van der Waals surface area contributed by atoms with Crippen LogP contribution in [0.3, 0.4) is 0 Å². The van der Waals surface area contributed by atoms with Gasteiger partial charge in [0.15, 0.2) is 0 Å². The normalized spacial score (nSPS) is 26.4. The topological polar surface area (TPSA) is 36.4 Å². The van der Waals surface area contributed by atoms with Crippen molar-refractivity contribution in [2.45, 2.75) is 57.4 Å². The molecule has 0 aromatic carbocycles. The van der Waals surface area contributed by atoms with Crippen LogP contribution in [0.5, 0.6) is 0 Å². The van der Waals surface area contributed by atoms with Crippen LogP contribution >= 0.6 is 0 Å². The van der Waals surface area contributed by atoms with Crippen LogP contribution in [0.25, 0.3) is 0 Å². The number of pyridine rings is 1. The van der Waals surface area contributed by atoms with E-state index >= 15 is 0 Å². The number of amides is 1. The van der Waals surface area contributed by atoms with Gasteiger partial charge in [0.05, 0.1) is 0 Å². The maximum atomic E-state index is 12.9. The van der Waals surface area contributed by atoms with E-state index in [0.29, 0.717) is 17.7 Å². The molecule has 2 heterocycles. The summed E-state index contributed by atoms with van der Waals surface area (Å²) in [5.74, 6) is 1.24. The van der Waals surface area contributed by atoms with E-state index in [0.717, 1.165) is 57.2 Å². The molecule has 2 aliphatic carbocycles. The summed E-state index contributed by atoms with van der Waals surface area (Å²) in [5.41, 5.74) is 1.16. The number of rotatable bonds is 4. The molecule has 4 heteroatoms.